The van der Waals surface area contributed by atoms with Crippen LogP contribution in [0.4, 0.5) is 27.6 Å². The van der Waals surface area contributed by atoms with Gasteiger partial charge in [-0.05, 0) is 36.8 Å². The Balaban J connectivity index is 1.59. The van der Waals surface area contributed by atoms with Gasteiger partial charge in [-0.3, -0.25) is 4.79 Å². The monoisotopic (exact) mass is 465 g/mol. The second kappa shape index (κ2) is 8.30. The molecule has 2 heterocycles. The number of amides is 1. The maximum absolute atomic E-state index is 14.1. The summed E-state index contributed by atoms with van der Waals surface area (Å²) in [5.41, 5.74) is -2.61. The molecule has 1 N–H and O–H groups in total. The van der Waals surface area contributed by atoms with Crippen LogP contribution in [0.15, 0.2) is 36.4 Å². The summed E-state index contributed by atoms with van der Waals surface area (Å²) in [4.78, 5) is 15.9. The number of fused-ring (bicyclic) bond motifs is 1. The van der Waals surface area contributed by atoms with Gasteiger partial charge >= 0.3 is 6.18 Å². The number of aliphatic hydroxyl groups is 1. The molecule has 0 spiro atoms. The molecular weight excluding hydrogens is 445 g/mol. The summed E-state index contributed by atoms with van der Waals surface area (Å²) in [5, 5.41) is 19.1. The van der Waals surface area contributed by atoms with Crippen LogP contribution in [0.5, 0.6) is 0 Å². The van der Waals surface area contributed by atoms with Crippen LogP contribution in [-0.2, 0) is 6.18 Å². The number of nitrogens with zero attached hydrogens (tertiary/aromatic N) is 3. The number of anilines is 1. The molecule has 0 bridgehead atoms. The van der Waals surface area contributed by atoms with Crippen LogP contribution >= 0.6 is 0 Å². The summed E-state index contributed by atoms with van der Waals surface area (Å²) in [6.07, 6.45) is -4.31. The molecule has 2 aromatic carbocycles. The molecule has 33 heavy (non-hydrogen) atoms. The summed E-state index contributed by atoms with van der Waals surface area (Å²) in [6, 6.07) is 8.18. The van der Waals surface area contributed by atoms with Gasteiger partial charge in [-0.2, -0.15) is 18.4 Å². The van der Waals surface area contributed by atoms with Crippen molar-refractivity contribution in [3.8, 4) is 6.07 Å². The van der Waals surface area contributed by atoms with Gasteiger partial charge in [-0.1, -0.05) is 6.07 Å². The summed E-state index contributed by atoms with van der Waals surface area (Å²) >= 11 is 0. The first-order valence-corrected chi connectivity index (χ1v) is 10.3. The minimum atomic E-state index is -4.69. The van der Waals surface area contributed by atoms with Gasteiger partial charge in [-0.15, -0.1) is 0 Å². The molecule has 2 aliphatic heterocycles. The standard InChI is InChI=1S/C23H20F5N3O2/c24-18-2-1-3-19(25)20(18)21(33)31-11-15-10-30(7-6-22(15,12-31)13-32)16-5-4-14(9-29)17(8-16)23(26,27)28/h1-5,8,15,32H,6-7,10-13H2/t15-,22+/m1/s1. The second-order valence-corrected chi connectivity index (χ2v) is 8.54. The fourth-order valence-electron chi connectivity index (χ4n) is 4.85. The van der Waals surface area contributed by atoms with E-state index >= 15 is 0 Å². The Morgan fingerprint density at radius 3 is 2.48 bits per heavy atom. The Morgan fingerprint density at radius 2 is 1.88 bits per heavy atom. The van der Waals surface area contributed by atoms with E-state index in [4.69, 9.17) is 5.26 Å². The number of carbonyl (C=O) groups is 1. The van der Waals surface area contributed by atoms with E-state index in [-0.39, 0.29) is 37.8 Å². The van der Waals surface area contributed by atoms with E-state index in [0.717, 1.165) is 30.3 Å². The molecule has 0 unspecified atom stereocenters. The van der Waals surface area contributed by atoms with E-state index in [0.29, 0.717) is 13.0 Å². The Hall–Kier alpha value is -3.19. The summed E-state index contributed by atoms with van der Waals surface area (Å²) < 4.78 is 68.4. The molecule has 2 aliphatic rings. The number of nitriles is 1. The maximum atomic E-state index is 14.1. The van der Waals surface area contributed by atoms with Gasteiger partial charge in [0.1, 0.15) is 17.2 Å². The predicted octanol–water partition coefficient (Wildman–Crippen LogP) is 3.82. The topological polar surface area (TPSA) is 67.6 Å². The van der Waals surface area contributed by atoms with Crippen molar-refractivity contribution >= 4 is 11.6 Å². The quantitative estimate of drug-likeness (QED) is 0.700. The van der Waals surface area contributed by atoms with Gasteiger partial charge in [0, 0.05) is 43.2 Å². The van der Waals surface area contributed by atoms with Crippen molar-refractivity contribution in [3.05, 3.63) is 64.7 Å². The van der Waals surface area contributed by atoms with Crippen LogP contribution in [-0.4, -0.2) is 48.7 Å². The average Bonchev–Trinajstić information content (AvgIpc) is 3.17. The van der Waals surface area contributed by atoms with Gasteiger partial charge in [-0.25, -0.2) is 8.78 Å². The van der Waals surface area contributed by atoms with Crippen LogP contribution in [0.3, 0.4) is 0 Å². The van der Waals surface area contributed by atoms with Gasteiger partial charge in [0.15, 0.2) is 0 Å². The molecule has 5 nitrogen and oxygen atoms in total. The molecule has 0 aliphatic carbocycles. The molecule has 1 amide bonds. The van der Waals surface area contributed by atoms with Crippen LogP contribution in [0.25, 0.3) is 0 Å². The highest BCUT2D eigenvalue weighted by Crippen LogP contribution is 2.44. The molecule has 2 saturated heterocycles. The minimum absolute atomic E-state index is 0.0930. The van der Waals surface area contributed by atoms with Crippen LogP contribution < -0.4 is 4.90 Å². The number of alkyl halides is 3. The lowest BCUT2D eigenvalue weighted by Gasteiger charge is -2.43. The number of rotatable bonds is 3. The van der Waals surface area contributed by atoms with Crippen LogP contribution in [0.2, 0.25) is 0 Å². The van der Waals surface area contributed by atoms with Crippen molar-refractivity contribution < 1.29 is 31.9 Å². The van der Waals surface area contributed by atoms with Crippen LogP contribution in [0, 0.1) is 34.3 Å². The highest BCUT2D eigenvalue weighted by atomic mass is 19.4. The third-order valence-electron chi connectivity index (χ3n) is 6.71. The Bertz CT molecular complexity index is 1110. The molecule has 10 heteroatoms. The molecule has 174 valence electrons. The molecule has 2 atom stereocenters. The van der Waals surface area contributed by atoms with Crippen molar-refractivity contribution in [2.45, 2.75) is 12.6 Å². The van der Waals surface area contributed by atoms with Gasteiger partial charge in [0.25, 0.3) is 5.91 Å². The van der Waals surface area contributed by atoms with Gasteiger partial charge in [0.2, 0.25) is 0 Å². The highest BCUT2D eigenvalue weighted by Gasteiger charge is 2.51. The Kier molecular flexibility index (Phi) is 5.78. The first kappa shape index (κ1) is 23.0. The predicted molar refractivity (Wildman–Crippen MR) is 108 cm³/mol. The number of hydrogen-bond donors (Lipinski definition) is 1. The highest BCUT2D eigenvalue weighted by molar-refractivity contribution is 5.95. The van der Waals surface area contributed by atoms with E-state index < -0.39 is 45.8 Å². The third kappa shape index (κ3) is 4.02. The largest absolute Gasteiger partial charge is 0.417 e. The normalized spacial score (nSPS) is 22.8. The lowest BCUT2D eigenvalue weighted by Crippen LogP contribution is -2.49. The Morgan fingerprint density at radius 1 is 1.18 bits per heavy atom. The van der Waals surface area contributed by atoms with E-state index in [2.05, 4.69) is 0 Å². The van der Waals surface area contributed by atoms with Gasteiger partial charge < -0.3 is 14.9 Å². The zero-order valence-corrected chi connectivity index (χ0v) is 17.4. The van der Waals surface area contributed by atoms with E-state index in [1.54, 1.807) is 11.0 Å². The minimum Gasteiger partial charge on any atom is -0.396 e. The summed E-state index contributed by atoms with van der Waals surface area (Å²) in [5.74, 6) is -3.10. The van der Waals surface area contributed by atoms with Crippen molar-refractivity contribution in [3.63, 3.8) is 0 Å². The molecule has 0 radical (unpaired) electrons. The van der Waals surface area contributed by atoms with Gasteiger partial charge in [0.05, 0.1) is 23.8 Å². The zero-order chi connectivity index (χ0) is 24.0. The number of piperidine rings is 1. The summed E-state index contributed by atoms with van der Waals surface area (Å²) in [6.45, 7) is 0.488. The van der Waals surface area contributed by atoms with E-state index in [1.807, 2.05) is 0 Å². The number of carbonyl (C=O) groups excluding carboxylic acids is 1. The molecule has 4 rings (SSSR count). The van der Waals surface area contributed by atoms with E-state index in [1.165, 1.54) is 11.0 Å². The van der Waals surface area contributed by atoms with Crippen molar-refractivity contribution in [2.75, 3.05) is 37.7 Å². The molecule has 2 aromatic rings. The third-order valence-corrected chi connectivity index (χ3v) is 6.71. The number of halogens is 5. The SMILES string of the molecule is N#Cc1ccc(N2CC[C@@]3(CO)CN(C(=O)c4c(F)cccc4F)C[C@H]3C2)cc1C(F)(F)F. The van der Waals surface area contributed by atoms with Crippen molar-refractivity contribution in [1.82, 2.24) is 4.90 Å². The first-order chi connectivity index (χ1) is 15.6. The van der Waals surface area contributed by atoms with E-state index in [9.17, 15) is 31.9 Å². The lowest BCUT2D eigenvalue weighted by atomic mass is 9.73. The fourth-order valence-corrected chi connectivity index (χ4v) is 4.85. The number of aliphatic hydroxyl groups excluding tert-OH is 1. The number of hydrogen-bond acceptors (Lipinski definition) is 4. The van der Waals surface area contributed by atoms with Crippen molar-refractivity contribution in [1.29, 1.82) is 5.26 Å². The Labute approximate surface area is 186 Å². The second-order valence-electron chi connectivity index (χ2n) is 8.54. The molecular formula is C23H20F5N3O2. The lowest BCUT2D eigenvalue weighted by molar-refractivity contribution is -0.137. The smallest absolute Gasteiger partial charge is 0.396 e. The average molecular weight is 465 g/mol. The first-order valence-electron chi connectivity index (χ1n) is 10.3. The number of benzene rings is 2. The summed E-state index contributed by atoms with van der Waals surface area (Å²) in [7, 11) is 0. The molecule has 0 aromatic heterocycles. The fraction of sp³-hybridized carbons (Fsp3) is 0.391. The molecule has 2 fully saturated rings. The zero-order valence-electron chi connectivity index (χ0n) is 17.4. The number of likely N-dealkylation sites (tertiary alicyclic amines) is 1. The maximum Gasteiger partial charge on any atom is 0.417 e. The molecule has 0 saturated carbocycles. The van der Waals surface area contributed by atoms with Crippen LogP contribution in [0.1, 0.15) is 27.9 Å². The van der Waals surface area contributed by atoms with Crippen molar-refractivity contribution in [2.24, 2.45) is 11.3 Å².